The van der Waals surface area contributed by atoms with Crippen LogP contribution in [-0.4, -0.2) is 27.8 Å². The van der Waals surface area contributed by atoms with Gasteiger partial charge in [-0.1, -0.05) is 48.0 Å². The molecule has 0 spiro atoms. The Balaban J connectivity index is 1.47. The van der Waals surface area contributed by atoms with E-state index in [-0.39, 0.29) is 0 Å². The van der Waals surface area contributed by atoms with Gasteiger partial charge in [0.15, 0.2) is 0 Å². The van der Waals surface area contributed by atoms with Crippen molar-refractivity contribution < 1.29 is 4.74 Å². The quantitative estimate of drug-likeness (QED) is 0.184. The molecule has 6 aromatic rings. The smallest absolute Gasteiger partial charge is 0.211 e. The normalized spacial score (nSPS) is 11.9. The van der Waals surface area contributed by atoms with Gasteiger partial charge in [-0.15, -0.1) is 22.7 Å². The molecule has 0 aliphatic rings. The number of hydrogen-bond acceptors (Lipinski definition) is 6. The molecule has 0 aliphatic heterocycles. The van der Waals surface area contributed by atoms with Crippen LogP contribution in [0.3, 0.4) is 0 Å². The molecule has 0 radical (unpaired) electrons. The lowest BCUT2D eigenvalue weighted by Gasteiger charge is -2.04. The van der Waals surface area contributed by atoms with Crippen molar-refractivity contribution in [1.82, 2.24) is 14.5 Å². The van der Waals surface area contributed by atoms with Crippen molar-refractivity contribution in [3.8, 4) is 33.3 Å². The molecule has 0 fully saturated rings. The first-order valence-electron chi connectivity index (χ1n) is 12.1. The van der Waals surface area contributed by atoms with E-state index in [2.05, 4.69) is 16.8 Å². The van der Waals surface area contributed by atoms with E-state index in [1.54, 1.807) is 18.4 Å². The number of rotatable bonds is 7. The molecule has 192 valence electrons. The number of nitrogens with zero attached hydrogens (tertiary/aromatic N) is 5. The Morgan fingerprint density at radius 3 is 2.41 bits per heavy atom. The number of para-hydroxylation sites is 1. The van der Waals surface area contributed by atoms with Crippen LogP contribution in [0.5, 0.6) is 5.75 Å². The van der Waals surface area contributed by atoms with Crippen LogP contribution in [0.1, 0.15) is 5.56 Å². The van der Waals surface area contributed by atoms with Gasteiger partial charge in [-0.2, -0.15) is 10.2 Å². The van der Waals surface area contributed by atoms with Gasteiger partial charge in [-0.05, 0) is 60.0 Å². The van der Waals surface area contributed by atoms with Crippen molar-refractivity contribution in [2.45, 2.75) is 0 Å². The highest BCUT2D eigenvalue weighted by Crippen LogP contribution is 2.28. The third-order valence-corrected chi connectivity index (χ3v) is 7.90. The lowest BCUT2D eigenvalue weighted by Crippen LogP contribution is -2.11. The highest BCUT2D eigenvalue weighted by Gasteiger charge is 2.13. The van der Waals surface area contributed by atoms with Gasteiger partial charge in [0, 0.05) is 27.7 Å². The average Bonchev–Trinajstić information content (AvgIpc) is 3.74. The van der Waals surface area contributed by atoms with Crippen molar-refractivity contribution in [1.29, 1.82) is 0 Å². The summed E-state index contributed by atoms with van der Waals surface area (Å²) in [7, 11) is 1.65. The Kier molecular flexibility index (Phi) is 7.23. The summed E-state index contributed by atoms with van der Waals surface area (Å²) in [6.07, 6.45) is 3.85. The van der Waals surface area contributed by atoms with Crippen molar-refractivity contribution in [2.75, 3.05) is 7.11 Å². The summed E-state index contributed by atoms with van der Waals surface area (Å²) < 4.78 is 9.04. The topological polar surface area (TPSA) is 56.7 Å². The van der Waals surface area contributed by atoms with Crippen LogP contribution in [0.25, 0.3) is 27.5 Å². The monoisotopic (exact) mass is 567 g/mol. The Hall–Kier alpha value is -4.24. The lowest BCUT2D eigenvalue weighted by molar-refractivity contribution is 0.415. The zero-order valence-corrected chi connectivity index (χ0v) is 23.2. The van der Waals surface area contributed by atoms with Crippen molar-refractivity contribution in [3.63, 3.8) is 0 Å². The Bertz CT molecular complexity index is 1780. The predicted octanol–water partition coefficient (Wildman–Crippen LogP) is 7.91. The highest BCUT2D eigenvalue weighted by molar-refractivity contribution is 7.13. The zero-order chi connectivity index (χ0) is 26.6. The second kappa shape index (κ2) is 11.2. The van der Waals surface area contributed by atoms with Gasteiger partial charge in [0.25, 0.3) is 0 Å². The molecule has 0 saturated carbocycles. The minimum Gasteiger partial charge on any atom is -0.497 e. The Morgan fingerprint density at radius 1 is 0.897 bits per heavy atom. The molecule has 0 atom stereocenters. The molecule has 39 heavy (non-hydrogen) atoms. The van der Waals surface area contributed by atoms with Crippen LogP contribution in [-0.2, 0) is 0 Å². The molecule has 6 nitrogen and oxygen atoms in total. The summed E-state index contributed by atoms with van der Waals surface area (Å²) in [5.41, 5.74) is 5.46. The fourth-order valence-electron chi connectivity index (χ4n) is 3.99. The van der Waals surface area contributed by atoms with Gasteiger partial charge in [-0.3, -0.25) is 0 Å². The van der Waals surface area contributed by atoms with Crippen LogP contribution >= 0.6 is 34.3 Å². The van der Waals surface area contributed by atoms with E-state index in [1.165, 1.54) is 11.3 Å². The number of thiophene rings is 1. The molecule has 0 aliphatic carbocycles. The molecule has 0 amide bonds. The van der Waals surface area contributed by atoms with E-state index in [4.69, 9.17) is 31.5 Å². The van der Waals surface area contributed by atoms with Crippen molar-refractivity contribution in [2.24, 2.45) is 10.1 Å². The van der Waals surface area contributed by atoms with Gasteiger partial charge < -0.3 is 4.74 Å². The largest absolute Gasteiger partial charge is 0.497 e. The van der Waals surface area contributed by atoms with Gasteiger partial charge in [0.1, 0.15) is 11.4 Å². The maximum atomic E-state index is 6.17. The Morgan fingerprint density at radius 2 is 1.69 bits per heavy atom. The molecule has 0 saturated heterocycles. The fraction of sp³-hybridized carbons (Fsp3) is 0.0333. The summed E-state index contributed by atoms with van der Waals surface area (Å²) in [5, 5.41) is 14.6. The summed E-state index contributed by atoms with van der Waals surface area (Å²) in [4.78, 5) is 6.69. The highest BCUT2D eigenvalue weighted by atomic mass is 35.5. The van der Waals surface area contributed by atoms with Crippen LogP contribution in [0.4, 0.5) is 5.69 Å². The zero-order valence-electron chi connectivity index (χ0n) is 20.8. The van der Waals surface area contributed by atoms with Gasteiger partial charge in [-0.25, -0.2) is 14.4 Å². The summed E-state index contributed by atoms with van der Waals surface area (Å²) >= 11 is 9.33. The Labute approximate surface area is 238 Å². The minimum atomic E-state index is 0.682. The predicted molar refractivity (Wildman–Crippen MR) is 161 cm³/mol. The van der Waals surface area contributed by atoms with E-state index < -0.39 is 0 Å². The number of hydrogen-bond donors (Lipinski definition) is 0. The van der Waals surface area contributed by atoms with Crippen molar-refractivity contribution in [3.05, 3.63) is 123 Å². The average molecular weight is 568 g/mol. The van der Waals surface area contributed by atoms with Gasteiger partial charge in [0.2, 0.25) is 4.80 Å². The number of ether oxygens (including phenoxy) is 1. The molecule has 3 aromatic heterocycles. The van der Waals surface area contributed by atoms with Crippen LogP contribution < -0.4 is 9.54 Å². The number of thiazole rings is 1. The SMILES string of the molecule is COc1ccc(N=c2scc(-c3ccc(Cl)cc3)n2N=Cc2cn(-c3ccccc3)nc2-c2cccs2)cc1. The number of benzene rings is 3. The van der Waals surface area contributed by atoms with Crippen LogP contribution in [0.15, 0.2) is 118 Å². The van der Waals surface area contributed by atoms with Gasteiger partial charge in [0.05, 0.1) is 35.3 Å². The summed E-state index contributed by atoms with van der Waals surface area (Å²) in [5.74, 6) is 0.782. The fourth-order valence-corrected chi connectivity index (χ4v) is 5.71. The molecule has 0 unspecified atom stereocenters. The molecule has 0 N–H and O–H groups in total. The molecule has 9 heteroatoms. The second-order valence-corrected chi connectivity index (χ2v) is 10.7. The first-order valence-corrected chi connectivity index (χ1v) is 14.2. The molecule has 3 aromatic carbocycles. The number of methoxy groups -OCH3 is 1. The van der Waals surface area contributed by atoms with Gasteiger partial charge >= 0.3 is 0 Å². The van der Waals surface area contributed by atoms with E-state index in [9.17, 15) is 0 Å². The lowest BCUT2D eigenvalue weighted by atomic mass is 10.2. The molecule has 3 heterocycles. The third kappa shape index (κ3) is 5.49. The molecule has 0 bridgehead atoms. The second-order valence-electron chi connectivity index (χ2n) is 8.47. The summed E-state index contributed by atoms with van der Waals surface area (Å²) in [6, 6.07) is 29.5. The van der Waals surface area contributed by atoms with E-state index >= 15 is 0 Å². The minimum absolute atomic E-state index is 0.682. The van der Waals surface area contributed by atoms with E-state index in [0.29, 0.717) is 5.02 Å². The van der Waals surface area contributed by atoms with Crippen LogP contribution in [0.2, 0.25) is 5.02 Å². The molecular weight excluding hydrogens is 546 g/mol. The summed E-state index contributed by atoms with van der Waals surface area (Å²) in [6.45, 7) is 0. The molecular formula is C30H22ClN5OS2. The van der Waals surface area contributed by atoms with Crippen molar-refractivity contribution >= 4 is 46.2 Å². The van der Waals surface area contributed by atoms with E-state index in [0.717, 1.165) is 49.3 Å². The third-order valence-electron chi connectivity index (χ3n) is 5.95. The number of halogens is 1. The maximum Gasteiger partial charge on any atom is 0.211 e. The first-order chi connectivity index (χ1) is 19.2. The van der Waals surface area contributed by atoms with E-state index in [1.807, 2.05) is 107 Å². The molecule has 6 rings (SSSR count). The first kappa shape index (κ1) is 25.1. The standard InChI is InChI=1S/C30H22ClN5OS2/c1-37-26-15-13-24(14-16-26)33-30-36(27(20-39-30)21-9-11-23(31)12-10-21)32-18-22-19-35(25-6-3-2-4-7-25)34-29(22)28-8-5-17-38-28/h2-20H,1H3. The number of aromatic nitrogens is 3. The van der Waals surface area contributed by atoms with Crippen LogP contribution in [0, 0.1) is 0 Å². The maximum absolute atomic E-state index is 6.17.